The molecule has 7 nitrogen and oxygen atoms in total. The SMILES string of the molecule is CC(=O)CCC1CC(C)N(C)c2cc(OC(C)CCCc3ccccc3)cc(OC(=O)CCCN3CCOCC3)c21. The third-order valence-corrected chi connectivity index (χ3v) is 8.45. The van der Waals surface area contributed by atoms with E-state index in [-0.39, 0.29) is 23.8 Å². The maximum Gasteiger partial charge on any atom is 0.311 e. The highest BCUT2D eigenvalue weighted by molar-refractivity contribution is 5.77. The number of hydrogen-bond donors (Lipinski definition) is 0. The monoisotopic (exact) mass is 564 g/mol. The molecule has 2 aliphatic heterocycles. The van der Waals surface area contributed by atoms with Crippen LogP contribution in [0.3, 0.4) is 0 Å². The number of ketones is 1. The normalized spacial score (nSPS) is 19.9. The molecular formula is C34H48N2O5. The van der Waals surface area contributed by atoms with E-state index >= 15 is 0 Å². The lowest BCUT2D eigenvalue weighted by molar-refractivity contribution is -0.134. The summed E-state index contributed by atoms with van der Waals surface area (Å²) in [7, 11) is 2.09. The van der Waals surface area contributed by atoms with Crippen molar-refractivity contribution in [3.63, 3.8) is 0 Å². The molecule has 2 aliphatic rings. The summed E-state index contributed by atoms with van der Waals surface area (Å²) in [6, 6.07) is 14.8. The lowest BCUT2D eigenvalue weighted by Crippen LogP contribution is -2.37. The van der Waals surface area contributed by atoms with E-state index in [1.54, 1.807) is 6.92 Å². The molecule has 224 valence electrons. The largest absolute Gasteiger partial charge is 0.491 e. The van der Waals surface area contributed by atoms with E-state index in [1.807, 2.05) is 12.1 Å². The van der Waals surface area contributed by atoms with E-state index in [1.165, 1.54) is 5.56 Å². The van der Waals surface area contributed by atoms with Crippen molar-refractivity contribution in [2.24, 2.45) is 0 Å². The van der Waals surface area contributed by atoms with Gasteiger partial charge in [-0.3, -0.25) is 9.69 Å². The Morgan fingerprint density at radius 1 is 1.07 bits per heavy atom. The number of carbonyl (C=O) groups excluding carboxylic acids is 2. The van der Waals surface area contributed by atoms with Crippen LogP contribution in [-0.2, 0) is 20.7 Å². The Kier molecular flexibility index (Phi) is 11.6. The zero-order valence-electron chi connectivity index (χ0n) is 25.4. The van der Waals surface area contributed by atoms with Crippen LogP contribution in [0, 0.1) is 0 Å². The van der Waals surface area contributed by atoms with Crippen molar-refractivity contribution in [2.45, 2.75) is 90.2 Å². The number of benzene rings is 2. The second kappa shape index (κ2) is 15.4. The minimum Gasteiger partial charge on any atom is -0.491 e. The molecule has 0 N–H and O–H groups in total. The molecule has 1 fully saturated rings. The van der Waals surface area contributed by atoms with Crippen molar-refractivity contribution in [1.29, 1.82) is 0 Å². The molecule has 7 heteroatoms. The van der Waals surface area contributed by atoms with Gasteiger partial charge in [-0.05, 0) is 77.3 Å². The number of nitrogens with zero attached hydrogens (tertiary/aromatic N) is 2. The van der Waals surface area contributed by atoms with Gasteiger partial charge in [-0.1, -0.05) is 30.3 Å². The number of rotatable bonds is 14. The van der Waals surface area contributed by atoms with Gasteiger partial charge in [0.25, 0.3) is 0 Å². The Morgan fingerprint density at radius 3 is 2.56 bits per heavy atom. The third-order valence-electron chi connectivity index (χ3n) is 8.45. The van der Waals surface area contributed by atoms with Crippen molar-refractivity contribution in [3.8, 4) is 11.5 Å². The standard InChI is InChI=1S/C34H48N2O5/c1-25-22-29(16-15-26(2)37)34-31(35(25)4)23-30(40-27(3)10-8-13-28-11-6-5-7-12-28)24-32(34)41-33(38)14-9-17-36-18-20-39-21-19-36/h5-7,11-12,23-25,27,29H,8-10,13-22H2,1-4H3. The summed E-state index contributed by atoms with van der Waals surface area (Å²) in [5.41, 5.74) is 3.39. The minimum absolute atomic E-state index is 0.0219. The highest BCUT2D eigenvalue weighted by Crippen LogP contribution is 2.47. The molecule has 2 aromatic rings. The number of esters is 1. The summed E-state index contributed by atoms with van der Waals surface area (Å²) in [6.07, 6.45) is 6.29. The average Bonchev–Trinajstić information content (AvgIpc) is 2.95. The van der Waals surface area contributed by atoms with Crippen molar-refractivity contribution in [2.75, 3.05) is 44.8 Å². The number of anilines is 1. The van der Waals surface area contributed by atoms with Gasteiger partial charge in [0, 0.05) is 62.4 Å². The maximum atomic E-state index is 13.1. The van der Waals surface area contributed by atoms with Crippen LogP contribution in [0.2, 0.25) is 0 Å². The van der Waals surface area contributed by atoms with Crippen molar-refractivity contribution < 1.29 is 23.8 Å². The fraction of sp³-hybridized carbons (Fsp3) is 0.588. The number of ether oxygens (including phenoxy) is 3. The first kappa shape index (κ1) is 31.0. The molecule has 3 unspecified atom stereocenters. The molecule has 2 aromatic carbocycles. The summed E-state index contributed by atoms with van der Waals surface area (Å²) < 4.78 is 18.0. The van der Waals surface area contributed by atoms with Crippen LogP contribution < -0.4 is 14.4 Å². The first-order valence-electron chi connectivity index (χ1n) is 15.4. The molecule has 0 saturated carbocycles. The molecule has 0 radical (unpaired) electrons. The summed E-state index contributed by atoms with van der Waals surface area (Å²) in [6.45, 7) is 10.1. The molecule has 0 bridgehead atoms. The second-order valence-electron chi connectivity index (χ2n) is 11.8. The highest BCUT2D eigenvalue weighted by atomic mass is 16.5. The fourth-order valence-electron chi connectivity index (χ4n) is 5.98. The van der Waals surface area contributed by atoms with Gasteiger partial charge in [0.1, 0.15) is 17.3 Å². The van der Waals surface area contributed by atoms with Crippen LogP contribution in [0.4, 0.5) is 5.69 Å². The molecule has 0 spiro atoms. The summed E-state index contributed by atoms with van der Waals surface area (Å²) in [4.78, 5) is 29.6. The van der Waals surface area contributed by atoms with Crippen molar-refractivity contribution in [3.05, 3.63) is 53.6 Å². The van der Waals surface area contributed by atoms with E-state index in [0.29, 0.717) is 24.6 Å². The average molecular weight is 565 g/mol. The lowest BCUT2D eigenvalue weighted by atomic mass is 9.82. The second-order valence-corrected chi connectivity index (χ2v) is 11.8. The van der Waals surface area contributed by atoms with E-state index in [4.69, 9.17) is 14.2 Å². The number of carbonyl (C=O) groups is 2. The Bertz CT molecular complexity index is 1130. The molecule has 3 atom stereocenters. The van der Waals surface area contributed by atoms with Gasteiger partial charge in [0.15, 0.2) is 0 Å². The fourth-order valence-corrected chi connectivity index (χ4v) is 5.98. The summed E-state index contributed by atoms with van der Waals surface area (Å²) >= 11 is 0. The van der Waals surface area contributed by atoms with Gasteiger partial charge in [0.2, 0.25) is 0 Å². The van der Waals surface area contributed by atoms with Crippen LogP contribution in [-0.4, -0.2) is 68.7 Å². The Balaban J connectivity index is 1.48. The van der Waals surface area contributed by atoms with E-state index in [2.05, 4.69) is 61.0 Å². The van der Waals surface area contributed by atoms with E-state index in [9.17, 15) is 9.59 Å². The summed E-state index contributed by atoms with van der Waals surface area (Å²) in [5, 5.41) is 0. The number of morpholine rings is 1. The topological polar surface area (TPSA) is 68.3 Å². The molecule has 0 aromatic heterocycles. The van der Waals surface area contributed by atoms with Crippen LogP contribution >= 0.6 is 0 Å². The Labute approximate surface area is 246 Å². The van der Waals surface area contributed by atoms with E-state index in [0.717, 1.165) is 88.4 Å². The zero-order chi connectivity index (χ0) is 29.2. The van der Waals surface area contributed by atoms with Gasteiger partial charge in [0.05, 0.1) is 19.3 Å². The molecule has 41 heavy (non-hydrogen) atoms. The van der Waals surface area contributed by atoms with E-state index < -0.39 is 0 Å². The summed E-state index contributed by atoms with van der Waals surface area (Å²) in [5.74, 6) is 1.41. The maximum absolute atomic E-state index is 13.1. The predicted octanol–water partition coefficient (Wildman–Crippen LogP) is 6.18. The van der Waals surface area contributed by atoms with Gasteiger partial charge in [-0.15, -0.1) is 0 Å². The first-order chi connectivity index (χ1) is 19.8. The zero-order valence-corrected chi connectivity index (χ0v) is 25.4. The number of aryl methyl sites for hydroxylation is 1. The Morgan fingerprint density at radius 2 is 1.83 bits per heavy atom. The van der Waals surface area contributed by atoms with Crippen LogP contribution in [0.1, 0.15) is 82.8 Å². The van der Waals surface area contributed by atoms with Gasteiger partial charge >= 0.3 is 5.97 Å². The first-order valence-corrected chi connectivity index (χ1v) is 15.4. The lowest BCUT2D eigenvalue weighted by Gasteiger charge is -2.39. The van der Waals surface area contributed by atoms with Crippen LogP contribution in [0.5, 0.6) is 11.5 Å². The van der Waals surface area contributed by atoms with Crippen LogP contribution in [0.25, 0.3) is 0 Å². The minimum atomic E-state index is -0.222. The molecule has 1 saturated heterocycles. The Hall–Kier alpha value is -2.90. The number of fused-ring (bicyclic) bond motifs is 1. The third kappa shape index (κ3) is 9.30. The van der Waals surface area contributed by atoms with Crippen molar-refractivity contribution >= 4 is 17.4 Å². The van der Waals surface area contributed by atoms with Crippen LogP contribution in [0.15, 0.2) is 42.5 Å². The smallest absolute Gasteiger partial charge is 0.311 e. The molecule has 4 rings (SSSR count). The molecular weight excluding hydrogens is 516 g/mol. The van der Waals surface area contributed by atoms with Crippen molar-refractivity contribution in [1.82, 2.24) is 4.90 Å². The van der Waals surface area contributed by atoms with Gasteiger partial charge < -0.3 is 23.9 Å². The molecule has 0 amide bonds. The molecule has 0 aliphatic carbocycles. The number of Topliss-reactive ketones (excluding diaryl/α,β-unsaturated/α-hetero) is 1. The predicted molar refractivity (Wildman–Crippen MR) is 163 cm³/mol. The number of hydrogen-bond acceptors (Lipinski definition) is 7. The quantitative estimate of drug-likeness (QED) is 0.201. The van der Waals surface area contributed by atoms with Gasteiger partial charge in [-0.25, -0.2) is 0 Å². The highest BCUT2D eigenvalue weighted by Gasteiger charge is 2.33. The van der Waals surface area contributed by atoms with Gasteiger partial charge in [-0.2, -0.15) is 0 Å². The molecule has 2 heterocycles.